The van der Waals surface area contributed by atoms with E-state index in [9.17, 15) is 0 Å². The largest absolute Gasteiger partial charge is 0.245 e. The minimum absolute atomic E-state index is 0.911. The highest BCUT2D eigenvalue weighted by Crippen LogP contribution is 2.18. The molecule has 2 rings (SSSR count). The Morgan fingerprint density at radius 2 is 1.79 bits per heavy atom. The number of fused-ring (bicyclic) bond motifs is 1. The number of nitrogens with zero attached hydrogens (tertiary/aromatic N) is 1. The van der Waals surface area contributed by atoms with Crippen LogP contribution in [0.25, 0.3) is 10.8 Å². The van der Waals surface area contributed by atoms with Gasteiger partial charge in [0.05, 0.1) is 0 Å². The van der Waals surface area contributed by atoms with Crippen LogP contribution in [0, 0.1) is 0 Å². The van der Waals surface area contributed by atoms with Crippen LogP contribution in [0.3, 0.4) is 0 Å². The van der Waals surface area contributed by atoms with Gasteiger partial charge in [-0.15, -0.1) is 0 Å². The molecule has 2 aromatic carbocycles. The summed E-state index contributed by atoms with van der Waals surface area (Å²) in [6.45, 7) is 0.911. The average molecular weight is 184 g/mol. The van der Waals surface area contributed by atoms with Gasteiger partial charge in [0.25, 0.3) is 0 Å². The average Bonchev–Trinajstić information content (AvgIpc) is 2.26. The minimum atomic E-state index is 0.911. The van der Waals surface area contributed by atoms with Crippen LogP contribution in [0.15, 0.2) is 42.5 Å². The molecule has 0 N–H and O–H groups in total. The van der Waals surface area contributed by atoms with E-state index in [0.717, 1.165) is 13.0 Å². The first-order valence-corrected chi connectivity index (χ1v) is 4.94. The number of hydrogen-bond acceptors (Lipinski definition) is 0. The van der Waals surface area contributed by atoms with Crippen LogP contribution in [0.2, 0.25) is 0 Å². The second kappa shape index (κ2) is 4.25. The Labute approximate surface area is 84.8 Å². The molecule has 2 aromatic rings. The fourth-order valence-electron chi connectivity index (χ4n) is 1.74. The van der Waals surface area contributed by atoms with Gasteiger partial charge in [-0.1, -0.05) is 42.5 Å². The van der Waals surface area contributed by atoms with Gasteiger partial charge in [0.2, 0.25) is 0 Å². The molecule has 1 nitrogen and oxygen atoms in total. The molecule has 1 heteroatoms. The molecule has 0 spiro atoms. The number of hydrogen-bond donors (Lipinski definition) is 0. The summed E-state index contributed by atoms with van der Waals surface area (Å²) in [4.78, 5) is 0. The van der Waals surface area contributed by atoms with Crippen molar-refractivity contribution in [3.05, 3.63) is 48.0 Å². The maximum atomic E-state index is 4.14. The quantitative estimate of drug-likeness (QED) is 0.696. The van der Waals surface area contributed by atoms with Gasteiger partial charge < -0.3 is 0 Å². The fraction of sp³-hybridized carbons (Fsp3) is 0.231. The molecule has 0 saturated carbocycles. The minimum Gasteiger partial charge on any atom is -0.245 e. The molecule has 0 saturated heterocycles. The molecule has 0 aliphatic carbocycles. The van der Waals surface area contributed by atoms with Crippen molar-refractivity contribution in [1.29, 1.82) is 0 Å². The van der Waals surface area contributed by atoms with Gasteiger partial charge in [-0.2, -0.15) is 0 Å². The topological polar surface area (TPSA) is 14.1 Å². The summed E-state index contributed by atoms with van der Waals surface area (Å²) in [6.07, 6.45) is 1.04. The highest BCUT2D eigenvalue weighted by Gasteiger charge is 1.98. The van der Waals surface area contributed by atoms with Crippen LogP contribution < -0.4 is 5.32 Å². The zero-order valence-corrected chi connectivity index (χ0v) is 8.40. The van der Waals surface area contributed by atoms with Crippen molar-refractivity contribution in [3.63, 3.8) is 0 Å². The zero-order valence-electron chi connectivity index (χ0n) is 8.40. The predicted molar refractivity (Wildman–Crippen MR) is 60.6 cm³/mol. The van der Waals surface area contributed by atoms with Crippen molar-refractivity contribution < 1.29 is 0 Å². The predicted octanol–water partition coefficient (Wildman–Crippen LogP) is 2.62. The lowest BCUT2D eigenvalue weighted by molar-refractivity contribution is 0.780. The third-order valence-corrected chi connectivity index (χ3v) is 2.48. The third kappa shape index (κ3) is 1.78. The normalized spacial score (nSPS) is 10.6. The van der Waals surface area contributed by atoms with E-state index >= 15 is 0 Å². The van der Waals surface area contributed by atoms with Crippen LogP contribution in [-0.2, 0) is 6.42 Å². The Bertz CT molecular complexity index is 415. The van der Waals surface area contributed by atoms with Gasteiger partial charge in [0.1, 0.15) is 0 Å². The number of likely N-dealkylation sites (N-methyl/N-ethyl adjacent to an activating group) is 1. The van der Waals surface area contributed by atoms with E-state index in [1.807, 2.05) is 7.05 Å². The smallest absolute Gasteiger partial charge is 0.0170 e. The van der Waals surface area contributed by atoms with Gasteiger partial charge >= 0.3 is 0 Å². The number of rotatable bonds is 3. The van der Waals surface area contributed by atoms with Crippen molar-refractivity contribution in [2.24, 2.45) is 0 Å². The van der Waals surface area contributed by atoms with Crippen LogP contribution in [0.5, 0.6) is 0 Å². The van der Waals surface area contributed by atoms with E-state index in [1.54, 1.807) is 0 Å². The Kier molecular flexibility index (Phi) is 2.80. The molecule has 0 aromatic heterocycles. The van der Waals surface area contributed by atoms with Gasteiger partial charge in [-0.25, -0.2) is 5.32 Å². The molecule has 71 valence electrons. The lowest BCUT2D eigenvalue weighted by Crippen LogP contribution is -2.03. The first kappa shape index (κ1) is 9.22. The summed E-state index contributed by atoms with van der Waals surface area (Å²) in [7, 11) is 1.87. The first-order chi connectivity index (χ1) is 6.92. The molecule has 0 amide bonds. The molecular formula is C13H14N. The molecule has 0 bridgehead atoms. The van der Waals surface area contributed by atoms with E-state index in [4.69, 9.17) is 0 Å². The van der Waals surface area contributed by atoms with E-state index in [2.05, 4.69) is 47.8 Å². The standard InChI is InChI=1S/C13H14N/c1-14-10-9-12-7-4-6-11-5-2-3-8-13(11)12/h2-8H,9-10H2,1H3. The highest BCUT2D eigenvalue weighted by atomic mass is 14.8. The molecule has 0 fully saturated rings. The van der Waals surface area contributed by atoms with Gasteiger partial charge in [-0.3, -0.25) is 0 Å². The first-order valence-electron chi connectivity index (χ1n) is 4.94. The second-order valence-electron chi connectivity index (χ2n) is 3.43. The van der Waals surface area contributed by atoms with E-state index in [0.29, 0.717) is 0 Å². The molecule has 0 unspecified atom stereocenters. The van der Waals surface area contributed by atoms with Crippen molar-refractivity contribution >= 4 is 10.8 Å². The second-order valence-corrected chi connectivity index (χ2v) is 3.43. The molecule has 0 aliphatic heterocycles. The number of benzene rings is 2. The van der Waals surface area contributed by atoms with Crippen LogP contribution in [-0.4, -0.2) is 13.6 Å². The van der Waals surface area contributed by atoms with Crippen molar-refractivity contribution in [2.45, 2.75) is 6.42 Å². The van der Waals surface area contributed by atoms with Gasteiger partial charge in [-0.05, 0) is 22.8 Å². The lowest BCUT2D eigenvalue weighted by atomic mass is 10.0. The summed E-state index contributed by atoms with van der Waals surface area (Å²) < 4.78 is 0. The maximum absolute atomic E-state index is 4.14. The van der Waals surface area contributed by atoms with Crippen LogP contribution in [0.1, 0.15) is 5.56 Å². The summed E-state index contributed by atoms with van der Waals surface area (Å²) in [5.41, 5.74) is 1.40. The Balaban J connectivity index is 2.43. The third-order valence-electron chi connectivity index (χ3n) is 2.48. The van der Waals surface area contributed by atoms with Crippen LogP contribution >= 0.6 is 0 Å². The summed E-state index contributed by atoms with van der Waals surface area (Å²) in [5.74, 6) is 0. The van der Waals surface area contributed by atoms with Gasteiger partial charge in [0.15, 0.2) is 0 Å². The van der Waals surface area contributed by atoms with Crippen molar-refractivity contribution in [2.75, 3.05) is 13.6 Å². The SMILES string of the molecule is C[N]CCc1cccc2ccccc12. The highest BCUT2D eigenvalue weighted by molar-refractivity contribution is 5.85. The van der Waals surface area contributed by atoms with E-state index in [1.165, 1.54) is 16.3 Å². The monoisotopic (exact) mass is 184 g/mol. The Morgan fingerprint density at radius 1 is 1.00 bits per heavy atom. The molecule has 0 heterocycles. The lowest BCUT2D eigenvalue weighted by Gasteiger charge is -2.04. The molecule has 0 atom stereocenters. The Morgan fingerprint density at radius 3 is 2.64 bits per heavy atom. The van der Waals surface area contributed by atoms with E-state index < -0.39 is 0 Å². The Hall–Kier alpha value is -1.34. The molecule has 1 radical (unpaired) electrons. The summed E-state index contributed by atoms with van der Waals surface area (Å²) >= 11 is 0. The van der Waals surface area contributed by atoms with Crippen LogP contribution in [0.4, 0.5) is 0 Å². The molecule has 14 heavy (non-hydrogen) atoms. The van der Waals surface area contributed by atoms with Crippen molar-refractivity contribution in [1.82, 2.24) is 5.32 Å². The molecule has 0 aliphatic rings. The van der Waals surface area contributed by atoms with E-state index in [-0.39, 0.29) is 0 Å². The zero-order chi connectivity index (χ0) is 9.80. The van der Waals surface area contributed by atoms with Gasteiger partial charge in [0, 0.05) is 13.6 Å². The summed E-state index contributed by atoms with van der Waals surface area (Å²) in [6, 6.07) is 15.0. The maximum Gasteiger partial charge on any atom is 0.0170 e. The fourth-order valence-corrected chi connectivity index (χ4v) is 1.74. The molecular weight excluding hydrogens is 170 g/mol. The summed E-state index contributed by atoms with van der Waals surface area (Å²) in [5, 5.41) is 6.82. The van der Waals surface area contributed by atoms with Crippen molar-refractivity contribution in [3.8, 4) is 0 Å².